The Bertz CT molecular complexity index is 1420. The van der Waals surface area contributed by atoms with Crippen LogP contribution in [0.3, 0.4) is 0 Å². The number of allylic oxidation sites excluding steroid dienone is 1. The summed E-state index contributed by atoms with van der Waals surface area (Å²) in [5.74, 6) is 2.71. The lowest BCUT2D eigenvalue weighted by atomic mass is 10.2. The molecule has 0 aliphatic heterocycles. The molecule has 4 rings (SSSR count). The number of nitrogens with zero attached hydrogens (tertiary/aromatic N) is 4. The molecule has 0 aliphatic rings. The first-order chi connectivity index (χ1) is 18.6. The molecule has 4 aromatic rings. The number of thioether (sulfide) groups is 1. The quantitative estimate of drug-likeness (QED) is 0.168. The van der Waals surface area contributed by atoms with Crippen molar-refractivity contribution in [2.75, 3.05) is 27.1 Å². The van der Waals surface area contributed by atoms with Gasteiger partial charge in [-0.05, 0) is 66.7 Å². The zero-order valence-corrected chi connectivity index (χ0v) is 22.0. The minimum atomic E-state index is -0.271. The van der Waals surface area contributed by atoms with E-state index in [2.05, 4.69) is 20.7 Å². The largest absolute Gasteiger partial charge is 0.497 e. The molecular weight excluding hydrogens is 502 g/mol. The van der Waals surface area contributed by atoms with Crippen LogP contribution in [0.5, 0.6) is 17.2 Å². The number of carbonyl (C=O) groups excluding carboxylic acids is 1. The summed E-state index contributed by atoms with van der Waals surface area (Å²) in [5.41, 5.74) is 5.14. The summed E-state index contributed by atoms with van der Waals surface area (Å²) in [5, 5.41) is 13.3. The summed E-state index contributed by atoms with van der Waals surface area (Å²) in [4.78, 5) is 12.5. The highest BCUT2D eigenvalue weighted by molar-refractivity contribution is 7.99. The van der Waals surface area contributed by atoms with Crippen molar-refractivity contribution < 1.29 is 19.0 Å². The number of nitrogens with one attached hydrogen (secondary N) is 1. The number of hydrogen-bond acceptors (Lipinski definition) is 8. The van der Waals surface area contributed by atoms with Crippen LogP contribution in [-0.2, 0) is 4.79 Å². The third kappa shape index (κ3) is 6.60. The summed E-state index contributed by atoms with van der Waals surface area (Å²) in [7, 11) is 4.86. The Hall–Kier alpha value is -4.57. The standard InChI is InChI=1S/C28H27N5O4S/c1-35-23-14-10-21(11-15-23)27-31-32-28(33(27)22-12-16-24(36-2)17-13-22)38-19-26(34)30-29-18-6-8-20-7-4-5-9-25(20)37-3/h4-18H,19H2,1-3H3,(H,30,34). The predicted octanol–water partition coefficient (Wildman–Crippen LogP) is 4.87. The van der Waals surface area contributed by atoms with Crippen molar-refractivity contribution in [2.45, 2.75) is 5.16 Å². The molecule has 0 spiro atoms. The monoisotopic (exact) mass is 529 g/mol. The van der Waals surface area contributed by atoms with Crippen LogP contribution in [0.25, 0.3) is 23.2 Å². The number of benzene rings is 3. The van der Waals surface area contributed by atoms with Gasteiger partial charge in [-0.15, -0.1) is 10.2 Å². The summed E-state index contributed by atoms with van der Waals surface area (Å²) < 4.78 is 17.8. The van der Waals surface area contributed by atoms with Gasteiger partial charge in [-0.3, -0.25) is 9.36 Å². The molecule has 0 bridgehead atoms. The molecular formula is C28H27N5O4S. The lowest BCUT2D eigenvalue weighted by Gasteiger charge is -2.11. The zero-order valence-electron chi connectivity index (χ0n) is 21.2. The molecule has 1 aromatic heterocycles. The molecule has 0 radical (unpaired) electrons. The fraction of sp³-hybridized carbons (Fsp3) is 0.143. The normalized spacial score (nSPS) is 11.1. The van der Waals surface area contributed by atoms with E-state index in [-0.39, 0.29) is 11.7 Å². The van der Waals surface area contributed by atoms with E-state index in [9.17, 15) is 4.79 Å². The highest BCUT2D eigenvalue weighted by Gasteiger charge is 2.17. The van der Waals surface area contributed by atoms with Crippen LogP contribution >= 0.6 is 11.8 Å². The molecule has 0 fully saturated rings. The number of carbonyl (C=O) groups is 1. The van der Waals surface area contributed by atoms with Crippen molar-refractivity contribution in [2.24, 2.45) is 5.10 Å². The first-order valence-corrected chi connectivity index (χ1v) is 12.6. The number of amides is 1. The summed E-state index contributed by atoms with van der Waals surface area (Å²) in [6.07, 6.45) is 5.09. The van der Waals surface area contributed by atoms with Crippen LogP contribution < -0.4 is 19.6 Å². The van der Waals surface area contributed by atoms with Gasteiger partial charge >= 0.3 is 0 Å². The van der Waals surface area contributed by atoms with E-state index in [1.165, 1.54) is 18.0 Å². The first-order valence-electron chi connectivity index (χ1n) is 11.6. The maximum Gasteiger partial charge on any atom is 0.250 e. The Balaban J connectivity index is 1.46. The maximum atomic E-state index is 12.5. The zero-order chi connectivity index (χ0) is 26.7. The minimum Gasteiger partial charge on any atom is -0.497 e. The van der Waals surface area contributed by atoms with Gasteiger partial charge in [0.1, 0.15) is 17.2 Å². The van der Waals surface area contributed by atoms with E-state index >= 15 is 0 Å². The molecule has 0 aliphatic carbocycles. The summed E-state index contributed by atoms with van der Waals surface area (Å²) in [6.45, 7) is 0. The average Bonchev–Trinajstić information content (AvgIpc) is 3.40. The van der Waals surface area contributed by atoms with Gasteiger partial charge in [0, 0.05) is 23.0 Å². The van der Waals surface area contributed by atoms with E-state index in [0.29, 0.717) is 11.0 Å². The maximum absolute atomic E-state index is 12.5. The van der Waals surface area contributed by atoms with Gasteiger partial charge in [0.2, 0.25) is 0 Å². The molecule has 38 heavy (non-hydrogen) atoms. The van der Waals surface area contributed by atoms with Crippen LogP contribution in [0.1, 0.15) is 5.56 Å². The van der Waals surface area contributed by atoms with E-state index in [1.807, 2.05) is 83.4 Å². The van der Waals surface area contributed by atoms with E-state index in [1.54, 1.807) is 27.4 Å². The molecule has 0 saturated carbocycles. The van der Waals surface area contributed by atoms with Gasteiger partial charge in [0.15, 0.2) is 11.0 Å². The minimum absolute atomic E-state index is 0.102. The fourth-order valence-electron chi connectivity index (χ4n) is 3.52. The molecule has 10 heteroatoms. The highest BCUT2D eigenvalue weighted by atomic mass is 32.2. The second-order valence-corrected chi connectivity index (χ2v) is 8.71. The van der Waals surface area contributed by atoms with Crippen molar-refractivity contribution in [1.29, 1.82) is 0 Å². The van der Waals surface area contributed by atoms with Gasteiger partial charge < -0.3 is 14.2 Å². The molecule has 0 unspecified atom stereocenters. The van der Waals surface area contributed by atoms with Gasteiger partial charge in [-0.25, -0.2) is 5.43 Å². The SMILES string of the molecule is COc1ccc(-c2nnc(SCC(=O)NN=CC=Cc3ccccc3OC)n2-c2ccc(OC)cc2)cc1. The topological polar surface area (TPSA) is 99.9 Å². The number of para-hydroxylation sites is 1. The molecule has 9 nitrogen and oxygen atoms in total. The Labute approximate surface area is 225 Å². The number of hydrazone groups is 1. The Morgan fingerprint density at radius 3 is 2.29 bits per heavy atom. The number of rotatable bonds is 11. The van der Waals surface area contributed by atoms with Gasteiger partial charge in [0.05, 0.1) is 27.1 Å². The molecule has 0 atom stereocenters. The molecule has 3 aromatic carbocycles. The molecule has 194 valence electrons. The van der Waals surface area contributed by atoms with E-state index in [0.717, 1.165) is 34.1 Å². The molecule has 1 N–H and O–H groups in total. The first kappa shape index (κ1) is 26.5. The van der Waals surface area contributed by atoms with E-state index in [4.69, 9.17) is 14.2 Å². The number of methoxy groups -OCH3 is 3. The Morgan fingerprint density at radius 2 is 1.61 bits per heavy atom. The summed E-state index contributed by atoms with van der Waals surface area (Å²) in [6, 6.07) is 22.7. The Morgan fingerprint density at radius 1 is 0.921 bits per heavy atom. The van der Waals surface area contributed by atoms with Crippen molar-refractivity contribution in [1.82, 2.24) is 20.2 Å². The van der Waals surface area contributed by atoms with Crippen molar-refractivity contribution >= 4 is 30.0 Å². The second kappa shape index (κ2) is 13.1. The lowest BCUT2D eigenvalue weighted by Crippen LogP contribution is -2.19. The molecule has 1 heterocycles. The highest BCUT2D eigenvalue weighted by Crippen LogP contribution is 2.29. The van der Waals surface area contributed by atoms with Gasteiger partial charge in [0.25, 0.3) is 5.91 Å². The number of ether oxygens (including phenoxy) is 3. The second-order valence-electron chi connectivity index (χ2n) is 7.77. The van der Waals surface area contributed by atoms with Crippen LogP contribution in [0, 0.1) is 0 Å². The van der Waals surface area contributed by atoms with E-state index < -0.39 is 0 Å². The van der Waals surface area contributed by atoms with Crippen molar-refractivity contribution in [3.05, 3.63) is 84.4 Å². The van der Waals surface area contributed by atoms with Crippen LogP contribution in [0.15, 0.2) is 89.1 Å². The number of hydrogen-bond donors (Lipinski definition) is 1. The summed E-state index contributed by atoms with van der Waals surface area (Å²) >= 11 is 1.26. The number of aromatic nitrogens is 3. The van der Waals surface area contributed by atoms with Gasteiger partial charge in [-0.2, -0.15) is 5.10 Å². The smallest absolute Gasteiger partial charge is 0.250 e. The molecule has 0 saturated heterocycles. The van der Waals surface area contributed by atoms with Crippen molar-refractivity contribution in [3.8, 4) is 34.3 Å². The Kier molecular flexibility index (Phi) is 9.14. The third-order valence-electron chi connectivity index (χ3n) is 5.41. The van der Waals surface area contributed by atoms with Crippen LogP contribution in [0.4, 0.5) is 0 Å². The fourth-order valence-corrected chi connectivity index (χ4v) is 4.26. The van der Waals surface area contributed by atoms with Crippen molar-refractivity contribution in [3.63, 3.8) is 0 Å². The average molecular weight is 530 g/mol. The predicted molar refractivity (Wildman–Crippen MR) is 149 cm³/mol. The van der Waals surface area contributed by atoms with Gasteiger partial charge in [-0.1, -0.05) is 30.0 Å². The molecule has 1 amide bonds. The lowest BCUT2D eigenvalue weighted by molar-refractivity contribution is -0.118. The third-order valence-corrected chi connectivity index (χ3v) is 6.34. The van der Waals surface area contributed by atoms with Crippen LogP contribution in [-0.4, -0.2) is 54.0 Å². The van der Waals surface area contributed by atoms with Crippen LogP contribution in [0.2, 0.25) is 0 Å².